The van der Waals surface area contributed by atoms with Gasteiger partial charge in [-0.05, 0) is 6.42 Å². The zero-order valence-electron chi connectivity index (χ0n) is 11.7. The van der Waals surface area contributed by atoms with Crippen LogP contribution in [0.3, 0.4) is 0 Å². The molecule has 17 heavy (non-hydrogen) atoms. The largest absolute Gasteiger partial charge is 0.359 e. The number of nitrogens with one attached hydrogen (secondary N) is 1. The van der Waals surface area contributed by atoms with Crippen molar-refractivity contribution in [1.29, 1.82) is 0 Å². The Morgan fingerprint density at radius 1 is 0.765 bits per heavy atom. The van der Waals surface area contributed by atoms with Crippen molar-refractivity contribution in [3.05, 3.63) is 0 Å². The predicted octanol–water partition coefficient (Wildman–Crippen LogP) is 4.68. The molecule has 0 radical (unpaired) electrons. The van der Waals surface area contributed by atoms with E-state index in [2.05, 4.69) is 12.2 Å². The molecule has 0 saturated heterocycles. The standard InChI is InChI=1S/C15H31NO.H2/c1-2-3-4-5-6-7-8-9-10-11-12-13-14-16-15-17;/h15H,2-14H2,1H3,(H,16,17);1H. The van der Waals surface area contributed by atoms with E-state index in [4.69, 9.17) is 0 Å². The first-order valence-corrected chi connectivity index (χ1v) is 7.59. The van der Waals surface area contributed by atoms with Gasteiger partial charge in [0.1, 0.15) is 0 Å². The molecule has 0 aromatic heterocycles. The molecule has 0 aliphatic rings. The van der Waals surface area contributed by atoms with E-state index in [0.29, 0.717) is 0 Å². The average molecular weight is 243 g/mol. The fourth-order valence-electron chi connectivity index (χ4n) is 2.13. The molecular formula is C15H33NO. The molecule has 0 fully saturated rings. The molecule has 0 aromatic rings. The van der Waals surface area contributed by atoms with Gasteiger partial charge in [-0.25, -0.2) is 0 Å². The van der Waals surface area contributed by atoms with Gasteiger partial charge in [-0.15, -0.1) is 0 Å². The molecule has 0 unspecified atom stereocenters. The first-order valence-electron chi connectivity index (χ1n) is 7.59. The van der Waals surface area contributed by atoms with Crippen molar-refractivity contribution < 1.29 is 6.22 Å². The van der Waals surface area contributed by atoms with E-state index in [1.807, 2.05) is 0 Å². The molecule has 0 aromatic carbocycles. The molecule has 2 heteroatoms. The summed E-state index contributed by atoms with van der Waals surface area (Å²) in [6, 6.07) is 0. The Labute approximate surface area is 109 Å². The van der Waals surface area contributed by atoms with E-state index in [1.54, 1.807) is 0 Å². The van der Waals surface area contributed by atoms with Gasteiger partial charge in [0, 0.05) is 7.97 Å². The summed E-state index contributed by atoms with van der Waals surface area (Å²) < 4.78 is 0. The summed E-state index contributed by atoms with van der Waals surface area (Å²) in [5, 5.41) is 2.70. The maximum Gasteiger partial charge on any atom is 0.207 e. The number of carbonyl (C=O) groups excluding carboxylic acids is 1. The third-order valence-electron chi connectivity index (χ3n) is 3.26. The van der Waals surface area contributed by atoms with Crippen LogP contribution in [0.2, 0.25) is 0 Å². The quantitative estimate of drug-likeness (QED) is 0.348. The average Bonchev–Trinajstić information content (AvgIpc) is 2.35. The van der Waals surface area contributed by atoms with Crippen LogP contribution in [0.15, 0.2) is 0 Å². The number of rotatable bonds is 14. The van der Waals surface area contributed by atoms with Gasteiger partial charge >= 0.3 is 0 Å². The van der Waals surface area contributed by atoms with Crippen molar-refractivity contribution in [3.63, 3.8) is 0 Å². The summed E-state index contributed by atoms with van der Waals surface area (Å²) in [6.45, 7) is 3.12. The Kier molecular flexibility index (Phi) is 15.0. The molecule has 1 amide bonds. The summed E-state index contributed by atoms with van der Waals surface area (Å²) in [7, 11) is 0. The molecule has 0 rings (SSSR count). The maximum atomic E-state index is 10.00. The first-order chi connectivity index (χ1) is 8.41. The minimum atomic E-state index is 0. The van der Waals surface area contributed by atoms with Crippen LogP contribution in [0.5, 0.6) is 0 Å². The first kappa shape index (κ1) is 16.5. The van der Waals surface area contributed by atoms with Crippen LogP contribution in [-0.2, 0) is 4.79 Å². The van der Waals surface area contributed by atoms with Crippen LogP contribution in [0.4, 0.5) is 0 Å². The molecule has 1 N–H and O–H groups in total. The second kappa shape index (κ2) is 15.5. The number of hydrogen-bond acceptors (Lipinski definition) is 1. The lowest BCUT2D eigenvalue weighted by Gasteiger charge is -2.02. The van der Waals surface area contributed by atoms with Crippen molar-refractivity contribution in [2.24, 2.45) is 0 Å². The zero-order valence-corrected chi connectivity index (χ0v) is 11.7. The van der Waals surface area contributed by atoms with Gasteiger partial charge in [-0.3, -0.25) is 4.79 Å². The van der Waals surface area contributed by atoms with Crippen LogP contribution in [0.25, 0.3) is 0 Å². The van der Waals surface area contributed by atoms with Crippen LogP contribution >= 0.6 is 0 Å². The lowest BCUT2D eigenvalue weighted by Crippen LogP contribution is -2.11. The molecule has 0 saturated carbocycles. The van der Waals surface area contributed by atoms with Gasteiger partial charge in [0.15, 0.2) is 0 Å². The predicted molar refractivity (Wildman–Crippen MR) is 77.3 cm³/mol. The molecular weight excluding hydrogens is 210 g/mol. The molecule has 0 aliphatic heterocycles. The molecule has 0 atom stereocenters. The zero-order chi connectivity index (χ0) is 12.6. The SMILES string of the molecule is CCCCCCCCCCCCCCNC=O.[HH]. The fraction of sp³-hybridized carbons (Fsp3) is 0.933. The summed E-state index contributed by atoms with van der Waals surface area (Å²) in [5.74, 6) is 0. The van der Waals surface area contributed by atoms with Crippen molar-refractivity contribution >= 4 is 6.41 Å². The van der Waals surface area contributed by atoms with Gasteiger partial charge in [-0.2, -0.15) is 0 Å². The molecule has 104 valence electrons. The van der Waals surface area contributed by atoms with Crippen molar-refractivity contribution in [3.8, 4) is 0 Å². The highest BCUT2D eigenvalue weighted by Crippen LogP contribution is 2.11. The number of unbranched alkanes of at least 4 members (excludes halogenated alkanes) is 11. The lowest BCUT2D eigenvalue weighted by atomic mass is 10.1. The van der Waals surface area contributed by atoms with Gasteiger partial charge in [-0.1, -0.05) is 77.6 Å². The summed E-state index contributed by atoms with van der Waals surface area (Å²) in [4.78, 5) is 10.00. The van der Waals surface area contributed by atoms with E-state index in [1.165, 1.54) is 70.6 Å². The van der Waals surface area contributed by atoms with Gasteiger partial charge in [0.2, 0.25) is 6.41 Å². The Bertz CT molecular complexity index is 153. The second-order valence-electron chi connectivity index (χ2n) is 4.96. The highest BCUT2D eigenvalue weighted by molar-refractivity contribution is 5.45. The van der Waals surface area contributed by atoms with E-state index in [0.717, 1.165) is 19.4 Å². The number of carbonyl (C=O) groups is 1. The molecule has 0 spiro atoms. The minimum Gasteiger partial charge on any atom is -0.359 e. The third-order valence-corrected chi connectivity index (χ3v) is 3.26. The van der Waals surface area contributed by atoms with Crippen LogP contribution < -0.4 is 5.32 Å². The lowest BCUT2D eigenvalue weighted by molar-refractivity contribution is -0.109. The normalized spacial score (nSPS) is 10.4. The summed E-state index contributed by atoms with van der Waals surface area (Å²) >= 11 is 0. The maximum absolute atomic E-state index is 10.00. The summed E-state index contributed by atoms with van der Waals surface area (Å²) in [6.07, 6.45) is 17.2. The fourth-order valence-corrected chi connectivity index (χ4v) is 2.13. The van der Waals surface area contributed by atoms with E-state index < -0.39 is 0 Å². The van der Waals surface area contributed by atoms with Gasteiger partial charge < -0.3 is 5.32 Å². The van der Waals surface area contributed by atoms with Crippen molar-refractivity contribution in [2.75, 3.05) is 6.54 Å². The summed E-state index contributed by atoms with van der Waals surface area (Å²) in [5.41, 5.74) is 0. The second-order valence-corrected chi connectivity index (χ2v) is 4.96. The molecule has 0 heterocycles. The van der Waals surface area contributed by atoms with Gasteiger partial charge in [0.25, 0.3) is 0 Å². The van der Waals surface area contributed by atoms with Crippen LogP contribution in [0, 0.1) is 0 Å². The molecule has 2 nitrogen and oxygen atoms in total. The Morgan fingerprint density at radius 3 is 1.59 bits per heavy atom. The Balaban J connectivity index is 0. The van der Waals surface area contributed by atoms with Crippen LogP contribution in [-0.4, -0.2) is 13.0 Å². The van der Waals surface area contributed by atoms with Gasteiger partial charge in [0.05, 0.1) is 0 Å². The highest BCUT2D eigenvalue weighted by atomic mass is 16.1. The Hall–Kier alpha value is -0.530. The van der Waals surface area contributed by atoms with E-state index in [-0.39, 0.29) is 1.43 Å². The number of amides is 1. The van der Waals surface area contributed by atoms with Crippen molar-refractivity contribution in [1.82, 2.24) is 5.32 Å². The Morgan fingerprint density at radius 2 is 1.18 bits per heavy atom. The number of hydrogen-bond donors (Lipinski definition) is 1. The smallest absolute Gasteiger partial charge is 0.207 e. The molecule has 0 bridgehead atoms. The van der Waals surface area contributed by atoms with Crippen LogP contribution in [0.1, 0.15) is 85.4 Å². The third kappa shape index (κ3) is 15.5. The van der Waals surface area contributed by atoms with Crippen molar-refractivity contribution in [2.45, 2.75) is 84.0 Å². The topological polar surface area (TPSA) is 29.1 Å². The van der Waals surface area contributed by atoms with E-state index >= 15 is 0 Å². The highest BCUT2D eigenvalue weighted by Gasteiger charge is 1.93. The van der Waals surface area contributed by atoms with E-state index in [9.17, 15) is 4.79 Å². The molecule has 0 aliphatic carbocycles. The monoisotopic (exact) mass is 243 g/mol. The minimum absolute atomic E-state index is 0.